The van der Waals surface area contributed by atoms with Gasteiger partial charge in [-0.3, -0.25) is 0 Å². The van der Waals surface area contributed by atoms with Gasteiger partial charge in [-0.15, -0.1) is 0 Å². The highest BCUT2D eigenvalue weighted by Crippen LogP contribution is 2.05. The third-order valence-electron chi connectivity index (χ3n) is 2.17. The Kier molecular flexibility index (Phi) is 9.94. The first-order valence-corrected chi connectivity index (χ1v) is 5.54. The van der Waals surface area contributed by atoms with Crippen LogP contribution in [0.15, 0.2) is 0 Å². The molecule has 0 spiro atoms. The summed E-state index contributed by atoms with van der Waals surface area (Å²) in [6.45, 7) is 5.00. The molecule has 0 heterocycles. The first-order valence-electron chi connectivity index (χ1n) is 5.54. The summed E-state index contributed by atoms with van der Waals surface area (Å²) >= 11 is 0. The number of hydrogen-bond donors (Lipinski definition) is 0. The van der Waals surface area contributed by atoms with E-state index in [1.807, 2.05) is 0 Å². The lowest BCUT2D eigenvalue weighted by Gasteiger charge is -2.13. The summed E-state index contributed by atoms with van der Waals surface area (Å²) in [4.78, 5) is 0. The lowest BCUT2D eigenvalue weighted by atomic mass is 10.2. The van der Waals surface area contributed by atoms with Crippen molar-refractivity contribution in [1.29, 1.82) is 0 Å². The van der Waals surface area contributed by atoms with Gasteiger partial charge in [0.15, 0.2) is 0 Å². The van der Waals surface area contributed by atoms with Gasteiger partial charge in [-0.05, 0) is 12.8 Å². The molecule has 0 aliphatic carbocycles. The highest BCUT2D eigenvalue weighted by atomic mass is 16.5. The summed E-state index contributed by atoms with van der Waals surface area (Å²) in [5, 5.41) is 10.7. The molecule has 79 valence electrons. The molecule has 0 aliphatic heterocycles. The van der Waals surface area contributed by atoms with Gasteiger partial charge in [0.1, 0.15) is 6.61 Å². The molecule has 0 amide bonds. The van der Waals surface area contributed by atoms with Crippen LogP contribution >= 0.6 is 0 Å². The second-order valence-electron chi connectivity index (χ2n) is 3.51. The predicted octanol–water partition coefficient (Wildman–Crippen LogP) is 3.18. The highest BCUT2D eigenvalue weighted by molar-refractivity contribution is 4.55. The Bertz CT molecular complexity index is 94.1. The molecule has 1 unspecified atom stereocenters. The summed E-state index contributed by atoms with van der Waals surface area (Å²) in [6.07, 6.45) is 6.68. The summed E-state index contributed by atoms with van der Waals surface area (Å²) in [5.74, 6) is 0. The quantitative estimate of drug-likeness (QED) is 0.510. The van der Waals surface area contributed by atoms with Crippen LogP contribution in [0.3, 0.4) is 0 Å². The van der Waals surface area contributed by atoms with Crippen molar-refractivity contribution in [2.75, 3.05) is 13.2 Å². The highest BCUT2D eigenvalue weighted by Gasteiger charge is 2.06. The zero-order valence-electron chi connectivity index (χ0n) is 9.05. The molecule has 0 saturated heterocycles. The Balaban J connectivity index is 3.25. The minimum Gasteiger partial charge on any atom is -0.376 e. The minimum atomic E-state index is -0.0773. The predicted molar refractivity (Wildman–Crippen MR) is 54.3 cm³/mol. The fourth-order valence-electron chi connectivity index (χ4n) is 1.25. The van der Waals surface area contributed by atoms with Crippen LogP contribution in [-0.4, -0.2) is 19.3 Å². The number of ether oxygens (including phenoxy) is 1. The Hall–Kier alpha value is -0.0800. The van der Waals surface area contributed by atoms with Crippen LogP contribution in [0.2, 0.25) is 0 Å². The van der Waals surface area contributed by atoms with Crippen molar-refractivity contribution in [3.63, 3.8) is 0 Å². The minimum absolute atomic E-state index is 0.0307. The van der Waals surface area contributed by atoms with Crippen LogP contribution in [0.5, 0.6) is 0 Å². The van der Waals surface area contributed by atoms with Crippen LogP contribution in [0, 0.1) is 0 Å². The molecule has 0 rings (SSSR count). The van der Waals surface area contributed by atoms with E-state index < -0.39 is 0 Å². The van der Waals surface area contributed by atoms with Crippen molar-refractivity contribution >= 4 is 0 Å². The molecule has 2 nitrogen and oxygen atoms in total. The fraction of sp³-hybridized carbons (Fsp3) is 1.00. The van der Waals surface area contributed by atoms with E-state index in [0.29, 0.717) is 0 Å². The second-order valence-corrected chi connectivity index (χ2v) is 3.51. The average Bonchev–Trinajstić information content (AvgIpc) is 2.17. The molecule has 1 atom stereocenters. The van der Waals surface area contributed by atoms with E-state index in [-0.39, 0.29) is 12.7 Å². The molecule has 0 fully saturated rings. The molecule has 0 bridgehead atoms. The average molecular weight is 187 g/mol. The van der Waals surface area contributed by atoms with E-state index in [1.54, 1.807) is 0 Å². The standard InChI is InChI=1S/C11H23O2/c1-3-5-7-9-13-11(10-12)8-6-4-2/h11H,3-10H2,1-2H3. The Morgan fingerprint density at radius 1 is 1.08 bits per heavy atom. The Labute approximate surface area is 82.3 Å². The first kappa shape index (κ1) is 12.9. The third kappa shape index (κ3) is 8.26. The maximum absolute atomic E-state index is 10.7. The molecular formula is C11H23O2. The van der Waals surface area contributed by atoms with E-state index in [0.717, 1.165) is 32.3 Å². The largest absolute Gasteiger partial charge is 0.376 e. The molecule has 0 saturated carbocycles. The lowest BCUT2D eigenvalue weighted by molar-refractivity contribution is -0.0153. The van der Waals surface area contributed by atoms with Gasteiger partial charge >= 0.3 is 0 Å². The second kappa shape index (κ2) is 10.0. The van der Waals surface area contributed by atoms with Gasteiger partial charge < -0.3 is 4.74 Å². The molecule has 0 aliphatic rings. The fourth-order valence-corrected chi connectivity index (χ4v) is 1.25. The summed E-state index contributed by atoms with van der Waals surface area (Å²) in [5.41, 5.74) is 0. The van der Waals surface area contributed by atoms with Crippen LogP contribution in [-0.2, 0) is 9.84 Å². The molecule has 0 aromatic rings. The molecule has 0 aromatic heterocycles. The van der Waals surface area contributed by atoms with Crippen LogP contribution in [0.4, 0.5) is 0 Å². The number of unbranched alkanes of at least 4 members (excludes halogenated alkanes) is 3. The lowest BCUT2D eigenvalue weighted by Crippen LogP contribution is -2.17. The smallest absolute Gasteiger partial charge is 0.108 e. The zero-order valence-corrected chi connectivity index (χ0v) is 9.05. The van der Waals surface area contributed by atoms with Gasteiger partial charge in [-0.2, -0.15) is 0 Å². The van der Waals surface area contributed by atoms with E-state index in [2.05, 4.69) is 13.8 Å². The maximum atomic E-state index is 10.7. The van der Waals surface area contributed by atoms with Gasteiger partial charge in [0.05, 0.1) is 6.10 Å². The van der Waals surface area contributed by atoms with Crippen molar-refractivity contribution in [3.8, 4) is 0 Å². The van der Waals surface area contributed by atoms with Crippen LogP contribution in [0.1, 0.15) is 52.4 Å². The van der Waals surface area contributed by atoms with Gasteiger partial charge in [0.25, 0.3) is 0 Å². The van der Waals surface area contributed by atoms with Gasteiger partial charge in [-0.25, -0.2) is 5.11 Å². The summed E-state index contributed by atoms with van der Waals surface area (Å²) < 4.78 is 5.48. The van der Waals surface area contributed by atoms with Crippen molar-refractivity contribution in [3.05, 3.63) is 0 Å². The Morgan fingerprint density at radius 2 is 1.77 bits per heavy atom. The van der Waals surface area contributed by atoms with Crippen LogP contribution < -0.4 is 0 Å². The van der Waals surface area contributed by atoms with E-state index in [1.165, 1.54) is 12.8 Å². The van der Waals surface area contributed by atoms with E-state index >= 15 is 0 Å². The molecule has 0 N–H and O–H groups in total. The normalized spacial score (nSPS) is 13.2. The maximum Gasteiger partial charge on any atom is 0.108 e. The zero-order chi connectivity index (χ0) is 9.94. The molecule has 1 radical (unpaired) electrons. The Morgan fingerprint density at radius 3 is 2.31 bits per heavy atom. The van der Waals surface area contributed by atoms with Gasteiger partial charge in [0, 0.05) is 6.61 Å². The number of rotatable bonds is 9. The third-order valence-corrected chi connectivity index (χ3v) is 2.17. The number of hydrogen-bond acceptors (Lipinski definition) is 1. The first-order chi connectivity index (χ1) is 6.35. The van der Waals surface area contributed by atoms with Crippen LogP contribution in [0.25, 0.3) is 0 Å². The van der Waals surface area contributed by atoms with E-state index in [4.69, 9.17) is 4.74 Å². The molecule has 2 heteroatoms. The molecular weight excluding hydrogens is 164 g/mol. The van der Waals surface area contributed by atoms with Gasteiger partial charge in [0.2, 0.25) is 0 Å². The SMILES string of the molecule is CCCCCOC(C[O])CCCC. The summed E-state index contributed by atoms with van der Waals surface area (Å²) in [7, 11) is 0. The van der Waals surface area contributed by atoms with Crippen molar-refractivity contribution in [1.82, 2.24) is 0 Å². The van der Waals surface area contributed by atoms with Crippen molar-refractivity contribution < 1.29 is 9.84 Å². The molecule has 13 heavy (non-hydrogen) atoms. The van der Waals surface area contributed by atoms with Crippen molar-refractivity contribution in [2.24, 2.45) is 0 Å². The van der Waals surface area contributed by atoms with Crippen molar-refractivity contribution in [2.45, 2.75) is 58.5 Å². The molecule has 0 aromatic carbocycles. The summed E-state index contributed by atoms with van der Waals surface area (Å²) in [6, 6.07) is 0. The monoisotopic (exact) mass is 187 g/mol. The van der Waals surface area contributed by atoms with E-state index in [9.17, 15) is 5.11 Å². The van der Waals surface area contributed by atoms with Gasteiger partial charge in [-0.1, -0.05) is 39.5 Å². The topological polar surface area (TPSA) is 29.1 Å².